The van der Waals surface area contributed by atoms with E-state index < -0.39 is 0 Å². The number of likely N-dealkylation sites (tertiary alicyclic amines) is 1. The number of nitrogens with zero attached hydrogens (tertiary/aromatic N) is 4. The van der Waals surface area contributed by atoms with E-state index >= 15 is 0 Å². The number of amides is 2. The average molecular weight is 237 g/mol. The maximum absolute atomic E-state index is 12.1. The molecule has 0 radical (unpaired) electrons. The number of nitrogens with one attached hydrogen (secondary N) is 1. The number of rotatable bonds is 2. The molecule has 17 heavy (non-hydrogen) atoms. The molecule has 1 aliphatic rings. The van der Waals surface area contributed by atoms with Crippen LogP contribution in [-0.2, 0) is 6.54 Å². The Morgan fingerprint density at radius 2 is 2.29 bits per heavy atom. The summed E-state index contributed by atoms with van der Waals surface area (Å²) in [4.78, 5) is 19.7. The van der Waals surface area contributed by atoms with Crippen molar-refractivity contribution < 1.29 is 4.79 Å². The molecule has 0 aliphatic carbocycles. The normalized spacial score (nSPS) is 17.2. The van der Waals surface area contributed by atoms with Crippen molar-refractivity contribution in [1.82, 2.24) is 25.0 Å². The molecule has 94 valence electrons. The van der Waals surface area contributed by atoms with Crippen molar-refractivity contribution in [3.63, 3.8) is 0 Å². The number of hydrogen-bond donors (Lipinski definition) is 1. The quantitative estimate of drug-likeness (QED) is 0.837. The average Bonchev–Trinajstić information content (AvgIpc) is 2.82. The zero-order valence-electron chi connectivity index (χ0n) is 10.4. The van der Waals surface area contributed by atoms with E-state index in [1.165, 1.54) is 6.33 Å². The van der Waals surface area contributed by atoms with E-state index in [-0.39, 0.29) is 6.03 Å². The molecule has 6 heteroatoms. The second-order valence-corrected chi connectivity index (χ2v) is 4.74. The third kappa shape index (κ3) is 2.95. The lowest BCUT2D eigenvalue weighted by Crippen LogP contribution is -2.44. The third-order valence-electron chi connectivity index (χ3n) is 3.23. The van der Waals surface area contributed by atoms with Crippen LogP contribution in [0.2, 0.25) is 0 Å². The predicted octanol–water partition coefficient (Wildman–Crippen LogP) is 1.09. The second-order valence-electron chi connectivity index (χ2n) is 4.74. The van der Waals surface area contributed by atoms with Gasteiger partial charge in [0.1, 0.15) is 12.2 Å². The lowest BCUT2D eigenvalue weighted by atomic mass is 10.00. The summed E-state index contributed by atoms with van der Waals surface area (Å²) in [6.45, 7) is 4.44. The Morgan fingerprint density at radius 1 is 1.59 bits per heavy atom. The molecule has 0 unspecified atom stereocenters. The van der Waals surface area contributed by atoms with Crippen molar-refractivity contribution in [2.75, 3.05) is 20.1 Å². The highest BCUT2D eigenvalue weighted by Gasteiger charge is 2.23. The molecule has 0 saturated carbocycles. The summed E-state index contributed by atoms with van der Waals surface area (Å²) >= 11 is 0. The van der Waals surface area contributed by atoms with Crippen molar-refractivity contribution >= 4 is 6.03 Å². The van der Waals surface area contributed by atoms with Crippen molar-refractivity contribution in [3.8, 4) is 0 Å². The Bertz CT molecular complexity index is 356. The van der Waals surface area contributed by atoms with Crippen LogP contribution in [0.4, 0.5) is 4.79 Å². The topological polar surface area (TPSA) is 65.1 Å². The van der Waals surface area contributed by atoms with Gasteiger partial charge < -0.3 is 9.80 Å². The van der Waals surface area contributed by atoms with Crippen molar-refractivity contribution in [2.24, 2.45) is 5.92 Å². The summed E-state index contributed by atoms with van der Waals surface area (Å²) in [6, 6.07) is 0.0771. The van der Waals surface area contributed by atoms with E-state index in [0.29, 0.717) is 12.4 Å². The van der Waals surface area contributed by atoms with Crippen LogP contribution in [0.25, 0.3) is 0 Å². The molecule has 1 aromatic heterocycles. The zero-order chi connectivity index (χ0) is 12.3. The van der Waals surface area contributed by atoms with Gasteiger partial charge in [-0.05, 0) is 18.8 Å². The summed E-state index contributed by atoms with van der Waals surface area (Å²) in [5, 5.41) is 6.53. The first-order chi connectivity index (χ1) is 8.16. The van der Waals surface area contributed by atoms with Crippen molar-refractivity contribution in [3.05, 3.63) is 12.2 Å². The van der Waals surface area contributed by atoms with Crippen LogP contribution in [0.15, 0.2) is 6.33 Å². The van der Waals surface area contributed by atoms with Crippen LogP contribution in [0.5, 0.6) is 0 Å². The molecule has 2 rings (SSSR count). The van der Waals surface area contributed by atoms with E-state index in [0.717, 1.165) is 31.8 Å². The molecule has 2 amide bonds. The Balaban J connectivity index is 1.86. The Morgan fingerprint density at radius 3 is 2.88 bits per heavy atom. The minimum atomic E-state index is 0.0771. The number of H-pyrrole nitrogens is 1. The molecule has 0 atom stereocenters. The molecule has 2 heterocycles. The number of piperidine rings is 1. The van der Waals surface area contributed by atoms with E-state index in [9.17, 15) is 4.79 Å². The van der Waals surface area contributed by atoms with Gasteiger partial charge in [-0.15, -0.1) is 0 Å². The van der Waals surface area contributed by atoms with Gasteiger partial charge in [0.25, 0.3) is 0 Å². The van der Waals surface area contributed by atoms with Crippen LogP contribution in [-0.4, -0.2) is 51.1 Å². The molecule has 0 spiro atoms. The van der Waals surface area contributed by atoms with Crippen molar-refractivity contribution in [1.29, 1.82) is 0 Å². The first-order valence-electron chi connectivity index (χ1n) is 6.01. The molecular formula is C11H19N5O. The van der Waals surface area contributed by atoms with E-state index in [1.54, 1.807) is 11.9 Å². The summed E-state index contributed by atoms with van der Waals surface area (Å²) in [7, 11) is 1.79. The van der Waals surface area contributed by atoms with Crippen LogP contribution < -0.4 is 0 Å². The van der Waals surface area contributed by atoms with Crippen LogP contribution >= 0.6 is 0 Å². The highest BCUT2D eigenvalue weighted by molar-refractivity contribution is 5.74. The predicted molar refractivity (Wildman–Crippen MR) is 63.2 cm³/mol. The minimum absolute atomic E-state index is 0.0771. The van der Waals surface area contributed by atoms with Crippen molar-refractivity contribution in [2.45, 2.75) is 26.3 Å². The Hall–Kier alpha value is -1.59. The monoisotopic (exact) mass is 237 g/mol. The molecular weight excluding hydrogens is 218 g/mol. The van der Waals surface area contributed by atoms with Gasteiger partial charge >= 0.3 is 6.03 Å². The van der Waals surface area contributed by atoms with E-state index in [2.05, 4.69) is 22.1 Å². The Kier molecular flexibility index (Phi) is 3.61. The smallest absolute Gasteiger partial charge is 0.320 e. The summed E-state index contributed by atoms with van der Waals surface area (Å²) < 4.78 is 0. The van der Waals surface area contributed by atoms with Crippen LogP contribution in [0.3, 0.4) is 0 Å². The first kappa shape index (κ1) is 11.9. The van der Waals surface area contributed by atoms with Crippen LogP contribution in [0.1, 0.15) is 25.6 Å². The fraction of sp³-hybridized carbons (Fsp3) is 0.727. The third-order valence-corrected chi connectivity index (χ3v) is 3.23. The SMILES string of the molecule is CC1CCN(C(=O)N(C)Cc2ncn[nH]2)CC1. The maximum atomic E-state index is 12.1. The van der Waals surface area contributed by atoms with Gasteiger partial charge in [-0.3, -0.25) is 5.10 Å². The van der Waals surface area contributed by atoms with Gasteiger partial charge in [-0.2, -0.15) is 5.10 Å². The number of carbonyl (C=O) groups excluding carboxylic acids is 1. The number of aromatic amines is 1. The zero-order valence-corrected chi connectivity index (χ0v) is 10.4. The largest absolute Gasteiger partial charge is 0.325 e. The minimum Gasteiger partial charge on any atom is -0.325 e. The van der Waals surface area contributed by atoms with Gasteiger partial charge in [0, 0.05) is 20.1 Å². The number of carbonyl (C=O) groups is 1. The fourth-order valence-corrected chi connectivity index (χ4v) is 2.04. The molecule has 1 saturated heterocycles. The fourth-order valence-electron chi connectivity index (χ4n) is 2.04. The second kappa shape index (κ2) is 5.16. The molecule has 1 fully saturated rings. The lowest BCUT2D eigenvalue weighted by Gasteiger charge is -2.33. The van der Waals surface area contributed by atoms with Gasteiger partial charge in [-0.1, -0.05) is 6.92 Å². The number of urea groups is 1. The lowest BCUT2D eigenvalue weighted by molar-refractivity contribution is 0.140. The molecule has 1 N–H and O–H groups in total. The standard InChI is InChI=1S/C11H19N5O/c1-9-3-5-16(6-4-9)11(17)15(2)7-10-12-8-13-14-10/h8-9H,3-7H2,1-2H3,(H,12,13,14). The summed E-state index contributed by atoms with van der Waals surface area (Å²) in [6.07, 6.45) is 3.65. The highest BCUT2D eigenvalue weighted by atomic mass is 16.2. The molecule has 0 aromatic carbocycles. The molecule has 0 bridgehead atoms. The number of hydrogen-bond acceptors (Lipinski definition) is 3. The van der Waals surface area contributed by atoms with E-state index in [4.69, 9.17) is 0 Å². The van der Waals surface area contributed by atoms with Crippen LogP contribution in [0, 0.1) is 5.92 Å². The Labute approximate surface area is 101 Å². The van der Waals surface area contributed by atoms with Gasteiger partial charge in [0.2, 0.25) is 0 Å². The molecule has 1 aliphatic heterocycles. The number of aromatic nitrogens is 3. The van der Waals surface area contributed by atoms with E-state index in [1.807, 2.05) is 4.90 Å². The van der Waals surface area contributed by atoms with Gasteiger partial charge in [0.05, 0.1) is 6.54 Å². The molecule has 6 nitrogen and oxygen atoms in total. The summed E-state index contributed by atoms with van der Waals surface area (Å²) in [5.41, 5.74) is 0. The van der Waals surface area contributed by atoms with Gasteiger partial charge in [0.15, 0.2) is 0 Å². The van der Waals surface area contributed by atoms with Gasteiger partial charge in [-0.25, -0.2) is 9.78 Å². The highest BCUT2D eigenvalue weighted by Crippen LogP contribution is 2.17. The molecule has 1 aromatic rings. The summed E-state index contributed by atoms with van der Waals surface area (Å²) in [5.74, 6) is 1.45. The first-order valence-corrected chi connectivity index (χ1v) is 6.01. The maximum Gasteiger partial charge on any atom is 0.320 e.